The van der Waals surface area contributed by atoms with Crippen LogP contribution in [0.2, 0.25) is 5.02 Å². The normalized spacial score (nSPS) is 10.8. The van der Waals surface area contributed by atoms with E-state index in [-0.39, 0.29) is 5.69 Å². The van der Waals surface area contributed by atoms with Gasteiger partial charge in [-0.05, 0) is 36.4 Å². The van der Waals surface area contributed by atoms with Crippen LogP contribution < -0.4 is 4.90 Å². The van der Waals surface area contributed by atoms with Crippen LogP contribution in [-0.4, -0.2) is 25.2 Å². The highest BCUT2D eigenvalue weighted by atomic mass is 35.5. The number of benzene rings is 2. The number of halogens is 1. The SMILES string of the molecule is CN(C)c1ccc(N=Cc2ccc(Cl)cc2[N+](=O)[O-])cc1. The zero-order valence-corrected chi connectivity index (χ0v) is 12.4. The molecule has 0 bridgehead atoms. The summed E-state index contributed by atoms with van der Waals surface area (Å²) in [6.07, 6.45) is 1.47. The predicted molar refractivity (Wildman–Crippen MR) is 86.1 cm³/mol. The highest BCUT2D eigenvalue weighted by Crippen LogP contribution is 2.23. The molecule has 0 aliphatic heterocycles. The van der Waals surface area contributed by atoms with Gasteiger partial charge in [0.15, 0.2) is 0 Å². The number of hydrogen-bond donors (Lipinski definition) is 0. The molecule has 0 aromatic heterocycles. The van der Waals surface area contributed by atoms with Crippen molar-refractivity contribution >= 4 is 34.9 Å². The Morgan fingerprint density at radius 2 is 1.86 bits per heavy atom. The van der Waals surface area contributed by atoms with E-state index < -0.39 is 4.92 Å². The van der Waals surface area contributed by atoms with E-state index in [1.54, 1.807) is 12.1 Å². The summed E-state index contributed by atoms with van der Waals surface area (Å²) in [6, 6.07) is 12.1. The molecule has 0 fully saturated rings. The third-order valence-electron chi connectivity index (χ3n) is 2.91. The predicted octanol–water partition coefficient (Wildman–Crippen LogP) is 4.06. The lowest BCUT2D eigenvalue weighted by molar-refractivity contribution is -0.385. The van der Waals surface area contributed by atoms with E-state index in [0.717, 1.165) is 11.4 Å². The van der Waals surface area contributed by atoms with Crippen molar-refractivity contribution in [2.75, 3.05) is 19.0 Å². The maximum Gasteiger partial charge on any atom is 0.279 e. The number of nitro groups is 1. The number of anilines is 1. The fraction of sp³-hybridized carbons (Fsp3) is 0.133. The van der Waals surface area contributed by atoms with Gasteiger partial charge in [-0.15, -0.1) is 0 Å². The first-order chi connectivity index (χ1) is 9.97. The van der Waals surface area contributed by atoms with Crippen LogP contribution in [0.15, 0.2) is 47.5 Å². The molecular weight excluding hydrogens is 290 g/mol. The second-order valence-corrected chi connectivity index (χ2v) is 5.07. The lowest BCUT2D eigenvalue weighted by atomic mass is 10.2. The van der Waals surface area contributed by atoms with Crippen LogP contribution in [0.5, 0.6) is 0 Å². The fourth-order valence-corrected chi connectivity index (χ4v) is 1.93. The molecule has 108 valence electrons. The molecule has 5 nitrogen and oxygen atoms in total. The first-order valence-electron chi connectivity index (χ1n) is 6.23. The lowest BCUT2D eigenvalue weighted by Crippen LogP contribution is -2.07. The molecule has 0 saturated heterocycles. The maximum atomic E-state index is 11.0. The molecule has 21 heavy (non-hydrogen) atoms. The number of aliphatic imine (C=N–C) groups is 1. The summed E-state index contributed by atoms with van der Waals surface area (Å²) in [4.78, 5) is 16.8. The van der Waals surface area contributed by atoms with Crippen molar-refractivity contribution in [2.45, 2.75) is 0 Å². The molecule has 0 heterocycles. The first-order valence-corrected chi connectivity index (χ1v) is 6.60. The standard InChI is InChI=1S/C15H14ClN3O2/c1-18(2)14-7-5-13(6-8-14)17-10-11-3-4-12(16)9-15(11)19(20)21/h3-10H,1-2H3. The lowest BCUT2D eigenvalue weighted by Gasteiger charge is -2.11. The Balaban J connectivity index is 2.27. The minimum absolute atomic E-state index is 0.0591. The van der Waals surface area contributed by atoms with Crippen LogP contribution in [0, 0.1) is 10.1 Å². The van der Waals surface area contributed by atoms with E-state index in [4.69, 9.17) is 11.6 Å². The average Bonchev–Trinajstić information content (AvgIpc) is 2.46. The van der Waals surface area contributed by atoms with E-state index in [1.165, 1.54) is 12.3 Å². The van der Waals surface area contributed by atoms with Crippen molar-refractivity contribution in [2.24, 2.45) is 4.99 Å². The third kappa shape index (κ3) is 3.79. The van der Waals surface area contributed by atoms with Crippen LogP contribution in [0.3, 0.4) is 0 Å². The summed E-state index contributed by atoms with van der Waals surface area (Å²) in [6.45, 7) is 0. The monoisotopic (exact) mass is 303 g/mol. The molecule has 0 N–H and O–H groups in total. The van der Waals surface area contributed by atoms with Crippen molar-refractivity contribution in [3.63, 3.8) is 0 Å². The Morgan fingerprint density at radius 3 is 2.43 bits per heavy atom. The smallest absolute Gasteiger partial charge is 0.279 e. The summed E-state index contributed by atoms with van der Waals surface area (Å²) >= 11 is 5.77. The molecule has 0 amide bonds. The molecule has 2 rings (SSSR count). The molecule has 6 heteroatoms. The molecule has 2 aromatic rings. The van der Waals surface area contributed by atoms with Gasteiger partial charge < -0.3 is 4.90 Å². The molecule has 0 radical (unpaired) electrons. The van der Waals surface area contributed by atoms with Gasteiger partial charge in [-0.1, -0.05) is 11.6 Å². The van der Waals surface area contributed by atoms with Gasteiger partial charge in [-0.3, -0.25) is 15.1 Å². The molecule has 0 saturated carbocycles. The Morgan fingerprint density at radius 1 is 1.19 bits per heavy atom. The molecule has 0 spiro atoms. The average molecular weight is 304 g/mol. The van der Waals surface area contributed by atoms with Crippen molar-refractivity contribution in [1.29, 1.82) is 0 Å². The van der Waals surface area contributed by atoms with E-state index >= 15 is 0 Å². The van der Waals surface area contributed by atoms with Crippen molar-refractivity contribution in [3.05, 3.63) is 63.2 Å². The van der Waals surface area contributed by atoms with Crippen LogP contribution in [-0.2, 0) is 0 Å². The highest BCUT2D eigenvalue weighted by Gasteiger charge is 2.12. The second kappa shape index (κ2) is 6.37. The summed E-state index contributed by atoms with van der Waals surface area (Å²) in [5.74, 6) is 0. The highest BCUT2D eigenvalue weighted by molar-refractivity contribution is 6.30. The minimum Gasteiger partial charge on any atom is -0.378 e. The molecule has 2 aromatic carbocycles. The van der Waals surface area contributed by atoms with Gasteiger partial charge in [0.25, 0.3) is 5.69 Å². The largest absolute Gasteiger partial charge is 0.378 e. The van der Waals surface area contributed by atoms with Gasteiger partial charge in [0.1, 0.15) is 0 Å². The van der Waals surface area contributed by atoms with Crippen molar-refractivity contribution < 1.29 is 4.92 Å². The van der Waals surface area contributed by atoms with Crippen LogP contribution in [0.1, 0.15) is 5.56 Å². The number of rotatable bonds is 4. The second-order valence-electron chi connectivity index (χ2n) is 4.63. The van der Waals surface area contributed by atoms with E-state index in [0.29, 0.717) is 10.6 Å². The van der Waals surface area contributed by atoms with Gasteiger partial charge >= 0.3 is 0 Å². The van der Waals surface area contributed by atoms with E-state index in [9.17, 15) is 10.1 Å². The molecular formula is C15H14ClN3O2. The van der Waals surface area contributed by atoms with Gasteiger partial charge in [-0.25, -0.2) is 0 Å². The first kappa shape index (κ1) is 15.0. The topological polar surface area (TPSA) is 58.7 Å². The molecule has 0 aliphatic rings. The van der Waals surface area contributed by atoms with Crippen LogP contribution in [0.25, 0.3) is 0 Å². The summed E-state index contributed by atoms with van der Waals surface area (Å²) < 4.78 is 0. The number of nitrogens with zero attached hydrogens (tertiary/aromatic N) is 3. The third-order valence-corrected chi connectivity index (χ3v) is 3.14. The quantitative estimate of drug-likeness (QED) is 0.486. The molecule has 0 unspecified atom stereocenters. The van der Waals surface area contributed by atoms with Gasteiger partial charge in [-0.2, -0.15) is 0 Å². The van der Waals surface area contributed by atoms with Gasteiger partial charge in [0.2, 0.25) is 0 Å². The Labute approximate surface area is 127 Å². The van der Waals surface area contributed by atoms with Crippen molar-refractivity contribution in [3.8, 4) is 0 Å². The molecule has 0 aliphatic carbocycles. The van der Waals surface area contributed by atoms with Gasteiger partial charge in [0.05, 0.1) is 16.2 Å². The Hall–Kier alpha value is -2.40. The van der Waals surface area contributed by atoms with E-state index in [1.807, 2.05) is 43.3 Å². The summed E-state index contributed by atoms with van der Waals surface area (Å²) in [5.41, 5.74) is 2.15. The van der Waals surface area contributed by atoms with E-state index in [2.05, 4.69) is 4.99 Å². The minimum atomic E-state index is -0.470. The van der Waals surface area contributed by atoms with Crippen LogP contribution in [0.4, 0.5) is 17.1 Å². The Bertz CT molecular complexity index is 682. The zero-order valence-electron chi connectivity index (χ0n) is 11.7. The number of hydrogen-bond acceptors (Lipinski definition) is 4. The zero-order chi connectivity index (χ0) is 15.4. The fourth-order valence-electron chi connectivity index (χ4n) is 1.77. The summed E-state index contributed by atoms with van der Waals surface area (Å²) in [5, 5.41) is 11.3. The van der Waals surface area contributed by atoms with Gasteiger partial charge in [0, 0.05) is 37.1 Å². The van der Waals surface area contributed by atoms with Crippen molar-refractivity contribution in [1.82, 2.24) is 0 Å². The summed E-state index contributed by atoms with van der Waals surface area (Å²) in [7, 11) is 3.91. The molecule has 0 atom stereocenters. The number of nitro benzene ring substituents is 1. The maximum absolute atomic E-state index is 11.0. The van der Waals surface area contributed by atoms with Crippen LogP contribution >= 0.6 is 11.6 Å². The Kier molecular flexibility index (Phi) is 4.55.